The molecule has 0 aliphatic carbocycles. The first kappa shape index (κ1) is 18.9. The SMILES string of the molecule is Cc1cc([C@H](C)NC(=O)NC[C@](C)(O)c2cnn(C)c2)cc(C)c1F. The molecule has 0 aliphatic rings. The van der Waals surface area contributed by atoms with E-state index < -0.39 is 11.6 Å². The van der Waals surface area contributed by atoms with Gasteiger partial charge in [0.1, 0.15) is 11.4 Å². The van der Waals surface area contributed by atoms with Crippen molar-refractivity contribution in [2.24, 2.45) is 7.05 Å². The second-order valence-electron chi connectivity index (χ2n) is 6.69. The van der Waals surface area contributed by atoms with Crippen LogP contribution in [-0.4, -0.2) is 27.5 Å². The number of aryl methyl sites for hydroxylation is 3. The van der Waals surface area contributed by atoms with Crippen molar-refractivity contribution in [3.05, 3.63) is 52.6 Å². The zero-order valence-electron chi connectivity index (χ0n) is 15.2. The molecule has 25 heavy (non-hydrogen) atoms. The van der Waals surface area contributed by atoms with E-state index in [2.05, 4.69) is 15.7 Å². The molecule has 1 aromatic carbocycles. The Hall–Kier alpha value is -2.41. The topological polar surface area (TPSA) is 79.2 Å². The first-order valence-electron chi connectivity index (χ1n) is 8.12. The van der Waals surface area contributed by atoms with Gasteiger partial charge >= 0.3 is 6.03 Å². The first-order valence-corrected chi connectivity index (χ1v) is 8.12. The van der Waals surface area contributed by atoms with Gasteiger partial charge in [-0.25, -0.2) is 9.18 Å². The van der Waals surface area contributed by atoms with Gasteiger partial charge in [0.15, 0.2) is 0 Å². The lowest BCUT2D eigenvalue weighted by atomic mass is 10.00. The number of carbonyl (C=O) groups excluding carboxylic acids is 1. The third kappa shape index (κ3) is 4.57. The zero-order valence-corrected chi connectivity index (χ0v) is 15.2. The van der Waals surface area contributed by atoms with Gasteiger partial charge in [0.05, 0.1) is 18.8 Å². The van der Waals surface area contributed by atoms with Gasteiger partial charge in [0.2, 0.25) is 0 Å². The lowest BCUT2D eigenvalue weighted by molar-refractivity contribution is 0.0592. The lowest BCUT2D eigenvalue weighted by Gasteiger charge is -2.23. The normalized spacial score (nSPS) is 14.7. The number of rotatable bonds is 5. The molecule has 136 valence electrons. The molecular weight excluding hydrogens is 323 g/mol. The predicted molar refractivity (Wildman–Crippen MR) is 93.6 cm³/mol. The number of hydrogen-bond acceptors (Lipinski definition) is 3. The van der Waals surface area contributed by atoms with Gasteiger partial charge in [-0.15, -0.1) is 0 Å². The Morgan fingerprint density at radius 3 is 2.52 bits per heavy atom. The van der Waals surface area contributed by atoms with Crippen LogP contribution in [0.5, 0.6) is 0 Å². The fourth-order valence-corrected chi connectivity index (χ4v) is 2.61. The van der Waals surface area contributed by atoms with Crippen LogP contribution in [0.2, 0.25) is 0 Å². The zero-order chi connectivity index (χ0) is 18.8. The molecule has 0 saturated carbocycles. The van der Waals surface area contributed by atoms with E-state index in [1.165, 1.54) is 0 Å². The highest BCUT2D eigenvalue weighted by atomic mass is 19.1. The molecule has 0 fully saturated rings. The van der Waals surface area contributed by atoms with Crippen LogP contribution in [0.3, 0.4) is 0 Å². The Morgan fingerprint density at radius 2 is 2.00 bits per heavy atom. The van der Waals surface area contributed by atoms with Crippen molar-refractivity contribution in [3.63, 3.8) is 0 Å². The number of nitrogens with one attached hydrogen (secondary N) is 2. The van der Waals surface area contributed by atoms with E-state index in [0.717, 1.165) is 5.56 Å². The second kappa shape index (κ2) is 7.23. The minimum Gasteiger partial charge on any atom is -0.383 e. The summed E-state index contributed by atoms with van der Waals surface area (Å²) in [6.07, 6.45) is 3.26. The monoisotopic (exact) mass is 348 g/mol. The van der Waals surface area contributed by atoms with Crippen LogP contribution >= 0.6 is 0 Å². The molecule has 3 N–H and O–H groups in total. The summed E-state index contributed by atoms with van der Waals surface area (Å²) < 4.78 is 15.3. The van der Waals surface area contributed by atoms with Gasteiger partial charge in [-0.2, -0.15) is 5.10 Å². The second-order valence-corrected chi connectivity index (χ2v) is 6.69. The fourth-order valence-electron chi connectivity index (χ4n) is 2.61. The van der Waals surface area contributed by atoms with Crippen molar-refractivity contribution in [3.8, 4) is 0 Å². The number of halogens is 1. The average molecular weight is 348 g/mol. The van der Waals surface area contributed by atoms with E-state index in [1.807, 2.05) is 6.92 Å². The van der Waals surface area contributed by atoms with Gasteiger partial charge < -0.3 is 15.7 Å². The van der Waals surface area contributed by atoms with Crippen LogP contribution in [0.1, 0.15) is 42.1 Å². The minimum atomic E-state index is -1.22. The van der Waals surface area contributed by atoms with Crippen LogP contribution in [-0.2, 0) is 12.6 Å². The quantitative estimate of drug-likeness (QED) is 0.776. The summed E-state index contributed by atoms with van der Waals surface area (Å²) in [5, 5.41) is 19.9. The molecule has 1 heterocycles. The van der Waals surface area contributed by atoms with E-state index in [0.29, 0.717) is 16.7 Å². The first-order chi connectivity index (χ1) is 11.6. The summed E-state index contributed by atoms with van der Waals surface area (Å²) in [6.45, 7) is 6.87. The number of benzene rings is 1. The molecule has 0 aliphatic heterocycles. The van der Waals surface area contributed by atoms with Crippen LogP contribution in [0.4, 0.5) is 9.18 Å². The van der Waals surface area contributed by atoms with Crippen LogP contribution in [0, 0.1) is 19.7 Å². The largest absolute Gasteiger partial charge is 0.383 e. The molecule has 0 unspecified atom stereocenters. The van der Waals surface area contributed by atoms with E-state index >= 15 is 0 Å². The summed E-state index contributed by atoms with van der Waals surface area (Å²) in [7, 11) is 1.76. The molecule has 0 bridgehead atoms. The molecule has 1 aromatic heterocycles. The number of aromatic nitrogens is 2. The smallest absolute Gasteiger partial charge is 0.315 e. The van der Waals surface area contributed by atoms with Crippen molar-refractivity contribution in [2.75, 3.05) is 6.54 Å². The van der Waals surface area contributed by atoms with Gasteiger partial charge in [0.25, 0.3) is 0 Å². The number of hydrogen-bond donors (Lipinski definition) is 3. The Morgan fingerprint density at radius 1 is 1.40 bits per heavy atom. The molecule has 0 saturated heterocycles. The summed E-state index contributed by atoms with van der Waals surface area (Å²) in [6, 6.07) is 2.75. The molecule has 7 heteroatoms. The van der Waals surface area contributed by atoms with Gasteiger partial charge in [0, 0.05) is 18.8 Å². The third-order valence-electron chi connectivity index (χ3n) is 4.23. The van der Waals surface area contributed by atoms with Gasteiger partial charge in [-0.3, -0.25) is 4.68 Å². The molecule has 6 nitrogen and oxygen atoms in total. The maximum absolute atomic E-state index is 13.7. The van der Waals surface area contributed by atoms with E-state index in [9.17, 15) is 14.3 Å². The molecule has 2 amide bonds. The highest BCUT2D eigenvalue weighted by molar-refractivity contribution is 5.74. The molecule has 2 rings (SSSR count). The van der Waals surface area contributed by atoms with Crippen molar-refractivity contribution in [1.82, 2.24) is 20.4 Å². The molecule has 0 spiro atoms. The third-order valence-corrected chi connectivity index (χ3v) is 4.23. The molecular formula is C18H25FN4O2. The average Bonchev–Trinajstić information content (AvgIpc) is 2.97. The van der Waals surface area contributed by atoms with Crippen molar-refractivity contribution >= 4 is 6.03 Å². The van der Waals surface area contributed by atoms with Crippen molar-refractivity contribution in [2.45, 2.75) is 39.3 Å². The van der Waals surface area contributed by atoms with Crippen molar-refractivity contribution < 1.29 is 14.3 Å². The number of amides is 2. The number of aliphatic hydroxyl groups is 1. The number of carbonyl (C=O) groups is 1. The Balaban J connectivity index is 1.96. The maximum atomic E-state index is 13.7. The summed E-state index contributed by atoms with van der Waals surface area (Å²) in [5.41, 5.74) is 1.31. The van der Waals surface area contributed by atoms with Crippen LogP contribution in [0.15, 0.2) is 24.5 Å². The predicted octanol–water partition coefficient (Wildman–Crippen LogP) is 2.44. The molecule has 2 atom stereocenters. The molecule has 2 aromatic rings. The fraction of sp³-hybridized carbons (Fsp3) is 0.444. The number of urea groups is 1. The number of nitrogens with zero attached hydrogens (tertiary/aromatic N) is 2. The Kier molecular flexibility index (Phi) is 5.47. The van der Waals surface area contributed by atoms with E-state index in [-0.39, 0.29) is 18.4 Å². The highest BCUT2D eigenvalue weighted by Gasteiger charge is 2.25. The minimum absolute atomic E-state index is 0.0404. The van der Waals surface area contributed by atoms with Gasteiger partial charge in [-0.05, 0) is 44.4 Å². The molecule has 0 radical (unpaired) electrons. The van der Waals surface area contributed by atoms with Crippen LogP contribution in [0.25, 0.3) is 0 Å². The highest BCUT2D eigenvalue weighted by Crippen LogP contribution is 2.21. The van der Waals surface area contributed by atoms with E-state index in [1.54, 1.807) is 57.0 Å². The Labute approximate surface area is 147 Å². The standard InChI is InChI=1S/C18H25FN4O2/c1-11-6-14(7-12(2)16(11)19)13(3)22-17(24)20-10-18(4,25)15-8-21-23(5)9-15/h6-9,13,25H,10H2,1-5H3,(H2,20,22,24)/t13-,18-/m0/s1. The lowest BCUT2D eigenvalue weighted by Crippen LogP contribution is -2.44. The van der Waals surface area contributed by atoms with E-state index in [4.69, 9.17) is 0 Å². The summed E-state index contributed by atoms with van der Waals surface area (Å²) >= 11 is 0. The summed E-state index contributed by atoms with van der Waals surface area (Å²) in [5.74, 6) is -0.229. The summed E-state index contributed by atoms with van der Waals surface area (Å²) in [4.78, 5) is 12.1. The van der Waals surface area contributed by atoms with Gasteiger partial charge in [-0.1, -0.05) is 12.1 Å². The maximum Gasteiger partial charge on any atom is 0.315 e. The van der Waals surface area contributed by atoms with Crippen molar-refractivity contribution in [1.29, 1.82) is 0 Å². The Bertz CT molecular complexity index is 747. The van der Waals surface area contributed by atoms with Crippen LogP contribution < -0.4 is 10.6 Å².